The monoisotopic (exact) mass is 225 g/mol. The van der Waals surface area contributed by atoms with Crippen molar-refractivity contribution in [1.29, 1.82) is 0 Å². The van der Waals surface area contributed by atoms with E-state index in [9.17, 15) is 4.79 Å². The average molecular weight is 225 g/mol. The van der Waals surface area contributed by atoms with Gasteiger partial charge in [-0.2, -0.15) is 0 Å². The molecule has 7 heteroatoms. The molecule has 1 aliphatic heterocycles. The van der Waals surface area contributed by atoms with E-state index in [1.165, 1.54) is 0 Å². The summed E-state index contributed by atoms with van der Waals surface area (Å²) in [5, 5.41) is 10.2. The molecule has 1 aromatic rings. The number of amides is 1. The molecule has 0 aromatic carbocycles. The van der Waals surface area contributed by atoms with E-state index in [-0.39, 0.29) is 23.5 Å². The smallest absolute Gasteiger partial charge is 0.280 e. The molecule has 0 spiro atoms. The summed E-state index contributed by atoms with van der Waals surface area (Å²) in [5.41, 5.74) is 5.61. The zero-order valence-electron chi connectivity index (χ0n) is 9.14. The maximum atomic E-state index is 12.1. The molecule has 0 aliphatic carbocycles. The van der Waals surface area contributed by atoms with Crippen LogP contribution in [0.5, 0.6) is 0 Å². The van der Waals surface area contributed by atoms with Crippen molar-refractivity contribution in [1.82, 2.24) is 20.5 Å². The zero-order valence-corrected chi connectivity index (χ0v) is 9.14. The summed E-state index contributed by atoms with van der Waals surface area (Å²) in [7, 11) is 0. The van der Waals surface area contributed by atoms with Crippen molar-refractivity contribution < 1.29 is 9.42 Å². The Kier molecular flexibility index (Phi) is 3.04. The largest absolute Gasteiger partial charge is 0.379 e. The van der Waals surface area contributed by atoms with Crippen LogP contribution in [0.2, 0.25) is 0 Å². The van der Waals surface area contributed by atoms with Crippen LogP contribution in [-0.4, -0.2) is 46.8 Å². The highest BCUT2D eigenvalue weighted by molar-refractivity contribution is 5.96. The Morgan fingerprint density at radius 3 is 3.06 bits per heavy atom. The number of anilines is 1. The van der Waals surface area contributed by atoms with Crippen LogP contribution >= 0.6 is 0 Å². The maximum Gasteiger partial charge on any atom is 0.280 e. The second-order valence-electron chi connectivity index (χ2n) is 3.88. The van der Waals surface area contributed by atoms with Gasteiger partial charge in [0.05, 0.1) is 0 Å². The highest BCUT2D eigenvalue weighted by atomic mass is 16.6. The standard InChI is InChI=1S/C9H15N5O2/c1-6-2-3-11-4-5-14(6)9(15)7-8(10)13-16-12-7/h6,11H,2-5H2,1H3,(H2,10,13). The lowest BCUT2D eigenvalue weighted by Crippen LogP contribution is -2.40. The molecule has 1 unspecified atom stereocenters. The minimum atomic E-state index is -0.213. The molecule has 1 fully saturated rings. The van der Waals surface area contributed by atoms with Crippen LogP contribution in [0.4, 0.5) is 5.82 Å². The first-order chi connectivity index (χ1) is 7.70. The molecule has 88 valence electrons. The number of nitrogens with zero attached hydrogens (tertiary/aromatic N) is 3. The van der Waals surface area contributed by atoms with Gasteiger partial charge in [-0.05, 0) is 30.2 Å². The lowest BCUT2D eigenvalue weighted by Gasteiger charge is -2.25. The summed E-state index contributed by atoms with van der Waals surface area (Å²) in [6, 6.07) is 0.165. The van der Waals surface area contributed by atoms with Crippen molar-refractivity contribution in [2.24, 2.45) is 0 Å². The molecule has 1 saturated heterocycles. The van der Waals surface area contributed by atoms with Gasteiger partial charge in [-0.1, -0.05) is 0 Å². The molecular formula is C9H15N5O2. The van der Waals surface area contributed by atoms with Crippen molar-refractivity contribution in [2.45, 2.75) is 19.4 Å². The Balaban J connectivity index is 2.17. The van der Waals surface area contributed by atoms with Gasteiger partial charge in [0.2, 0.25) is 11.5 Å². The number of carbonyl (C=O) groups excluding carboxylic acids is 1. The number of rotatable bonds is 1. The SMILES string of the molecule is CC1CCNCCN1C(=O)c1nonc1N. The molecule has 2 heterocycles. The van der Waals surface area contributed by atoms with E-state index >= 15 is 0 Å². The lowest BCUT2D eigenvalue weighted by atomic mass is 10.2. The van der Waals surface area contributed by atoms with E-state index < -0.39 is 0 Å². The van der Waals surface area contributed by atoms with Gasteiger partial charge >= 0.3 is 0 Å². The van der Waals surface area contributed by atoms with Gasteiger partial charge in [-0.3, -0.25) is 4.79 Å². The van der Waals surface area contributed by atoms with Crippen molar-refractivity contribution >= 4 is 11.7 Å². The Morgan fingerprint density at radius 2 is 2.38 bits per heavy atom. The van der Waals surface area contributed by atoms with Gasteiger partial charge in [0, 0.05) is 19.1 Å². The topological polar surface area (TPSA) is 97.3 Å². The minimum Gasteiger partial charge on any atom is -0.379 e. The van der Waals surface area contributed by atoms with Crippen LogP contribution in [0.3, 0.4) is 0 Å². The molecule has 16 heavy (non-hydrogen) atoms. The lowest BCUT2D eigenvalue weighted by molar-refractivity contribution is 0.0694. The predicted octanol–water partition coefficient (Wildman–Crippen LogP) is -0.524. The number of carbonyl (C=O) groups is 1. The molecule has 0 radical (unpaired) electrons. The number of nitrogens with two attached hydrogens (primary N) is 1. The van der Waals surface area contributed by atoms with E-state index in [4.69, 9.17) is 5.73 Å². The van der Waals surface area contributed by atoms with Gasteiger partial charge in [0.1, 0.15) is 0 Å². The maximum absolute atomic E-state index is 12.1. The molecule has 3 N–H and O–H groups in total. The first-order valence-electron chi connectivity index (χ1n) is 5.30. The molecule has 2 rings (SSSR count). The predicted molar refractivity (Wildman–Crippen MR) is 56.7 cm³/mol. The molecule has 1 atom stereocenters. The number of nitrogens with one attached hydrogen (secondary N) is 1. The average Bonchev–Trinajstić information content (AvgIpc) is 2.56. The van der Waals surface area contributed by atoms with Crippen LogP contribution < -0.4 is 11.1 Å². The number of hydrogen-bond donors (Lipinski definition) is 2. The van der Waals surface area contributed by atoms with Crippen LogP contribution in [0.25, 0.3) is 0 Å². The zero-order chi connectivity index (χ0) is 11.5. The Morgan fingerprint density at radius 1 is 1.56 bits per heavy atom. The van der Waals surface area contributed by atoms with Gasteiger partial charge in [0.15, 0.2) is 0 Å². The van der Waals surface area contributed by atoms with Crippen molar-refractivity contribution in [2.75, 3.05) is 25.4 Å². The van der Waals surface area contributed by atoms with Crippen molar-refractivity contribution in [3.8, 4) is 0 Å². The fraction of sp³-hybridized carbons (Fsp3) is 0.667. The second-order valence-corrected chi connectivity index (χ2v) is 3.88. The summed E-state index contributed by atoms with van der Waals surface area (Å²) in [5.74, 6) is -0.163. The van der Waals surface area contributed by atoms with Gasteiger partial charge < -0.3 is 16.0 Å². The van der Waals surface area contributed by atoms with Crippen LogP contribution in [0.1, 0.15) is 23.8 Å². The molecule has 1 amide bonds. The Hall–Kier alpha value is -1.63. The number of nitrogen functional groups attached to an aromatic ring is 1. The summed E-state index contributed by atoms with van der Waals surface area (Å²) in [4.78, 5) is 13.8. The molecular weight excluding hydrogens is 210 g/mol. The van der Waals surface area contributed by atoms with Gasteiger partial charge in [-0.25, -0.2) is 4.63 Å². The summed E-state index contributed by atoms with van der Waals surface area (Å²) < 4.78 is 4.44. The molecule has 1 aliphatic rings. The van der Waals surface area contributed by atoms with Crippen molar-refractivity contribution in [3.63, 3.8) is 0 Å². The fourth-order valence-corrected chi connectivity index (χ4v) is 1.79. The molecule has 7 nitrogen and oxygen atoms in total. The van der Waals surface area contributed by atoms with Crippen molar-refractivity contribution in [3.05, 3.63) is 5.69 Å². The third-order valence-electron chi connectivity index (χ3n) is 2.78. The summed E-state index contributed by atoms with van der Waals surface area (Å²) in [6.45, 7) is 4.35. The Labute approximate surface area is 92.9 Å². The van der Waals surface area contributed by atoms with Crippen LogP contribution in [-0.2, 0) is 0 Å². The van der Waals surface area contributed by atoms with E-state index in [1.807, 2.05) is 6.92 Å². The van der Waals surface area contributed by atoms with Crippen LogP contribution in [0.15, 0.2) is 4.63 Å². The van der Waals surface area contributed by atoms with E-state index in [0.29, 0.717) is 6.54 Å². The molecule has 0 bridgehead atoms. The summed E-state index contributed by atoms with van der Waals surface area (Å²) in [6.07, 6.45) is 0.914. The first kappa shape index (κ1) is 10.9. The minimum absolute atomic E-state index is 0.0504. The number of aromatic nitrogens is 2. The summed E-state index contributed by atoms with van der Waals surface area (Å²) >= 11 is 0. The number of hydrogen-bond acceptors (Lipinski definition) is 6. The quantitative estimate of drug-likeness (QED) is 0.667. The van der Waals surface area contributed by atoms with E-state index in [2.05, 4.69) is 20.3 Å². The van der Waals surface area contributed by atoms with Crippen LogP contribution in [0, 0.1) is 0 Å². The third kappa shape index (κ3) is 1.99. The fourth-order valence-electron chi connectivity index (χ4n) is 1.79. The Bertz CT molecular complexity index is 378. The third-order valence-corrected chi connectivity index (χ3v) is 2.78. The van der Waals surface area contributed by atoms with E-state index in [1.54, 1.807) is 4.90 Å². The van der Waals surface area contributed by atoms with Gasteiger partial charge in [-0.15, -0.1) is 0 Å². The molecule has 1 aromatic heterocycles. The van der Waals surface area contributed by atoms with Gasteiger partial charge in [0.25, 0.3) is 5.91 Å². The second kappa shape index (κ2) is 4.48. The highest BCUT2D eigenvalue weighted by Gasteiger charge is 2.27. The van der Waals surface area contributed by atoms with E-state index in [0.717, 1.165) is 19.5 Å². The first-order valence-corrected chi connectivity index (χ1v) is 5.30. The highest BCUT2D eigenvalue weighted by Crippen LogP contribution is 2.13. The molecule has 0 saturated carbocycles. The normalized spacial score (nSPS) is 21.8.